The quantitative estimate of drug-likeness (QED) is 0.578. The van der Waals surface area contributed by atoms with Crippen LogP contribution >= 0.6 is 0 Å². The molecule has 0 bridgehead atoms. The fraction of sp³-hybridized carbons (Fsp3) is 0.522. The number of hydrogen-bond donors (Lipinski definition) is 0. The Kier molecular flexibility index (Phi) is 7.30. The summed E-state index contributed by atoms with van der Waals surface area (Å²) >= 11 is 0. The van der Waals surface area contributed by atoms with Crippen molar-refractivity contribution in [3.8, 4) is 0 Å². The Balaban J connectivity index is 1.76. The van der Waals surface area contributed by atoms with Gasteiger partial charge in [0.25, 0.3) is 5.91 Å². The summed E-state index contributed by atoms with van der Waals surface area (Å²) in [6.07, 6.45) is 2.07. The lowest BCUT2D eigenvalue weighted by molar-refractivity contribution is -0.136. The number of pyridine rings is 1. The highest BCUT2D eigenvalue weighted by atomic mass is 32.2. The van der Waals surface area contributed by atoms with E-state index in [2.05, 4.69) is 4.98 Å². The van der Waals surface area contributed by atoms with Crippen molar-refractivity contribution in [2.24, 2.45) is 0 Å². The molecule has 3 rings (SSSR count). The standard InChI is InChI=1S/C23H30N2O5S/c1-4-5-11-25(17-10-12-31(28,29)15-17)22(26)14-30-23(27)19-13-21(16(2)3)24-20-9-7-6-8-18(19)20/h6-9,13,16-17H,4-5,10-12,14-15H2,1-3H3. The molecule has 1 aliphatic rings. The van der Waals surface area contributed by atoms with E-state index in [9.17, 15) is 18.0 Å². The Bertz CT molecular complexity index is 1060. The average molecular weight is 447 g/mol. The lowest BCUT2D eigenvalue weighted by Crippen LogP contribution is -2.43. The molecule has 0 aliphatic carbocycles. The Hall–Kier alpha value is -2.48. The summed E-state index contributed by atoms with van der Waals surface area (Å²) in [6, 6.07) is 8.71. The predicted molar refractivity (Wildman–Crippen MR) is 120 cm³/mol. The van der Waals surface area contributed by atoms with E-state index in [0.717, 1.165) is 18.5 Å². The summed E-state index contributed by atoms with van der Waals surface area (Å²) in [5, 5.41) is 0.675. The zero-order valence-corrected chi connectivity index (χ0v) is 19.2. The van der Waals surface area contributed by atoms with Crippen LogP contribution in [0.1, 0.15) is 62.0 Å². The number of hydrogen-bond acceptors (Lipinski definition) is 6. The molecule has 1 fully saturated rings. The van der Waals surface area contributed by atoms with Gasteiger partial charge in [0, 0.05) is 23.7 Å². The Morgan fingerprint density at radius 2 is 2.00 bits per heavy atom. The van der Waals surface area contributed by atoms with Gasteiger partial charge in [-0.25, -0.2) is 13.2 Å². The first-order valence-corrected chi connectivity index (χ1v) is 12.6. The fourth-order valence-corrected chi connectivity index (χ4v) is 5.54. The first-order valence-electron chi connectivity index (χ1n) is 10.8. The van der Waals surface area contributed by atoms with E-state index < -0.39 is 22.4 Å². The first-order chi connectivity index (χ1) is 14.7. The van der Waals surface area contributed by atoms with Crippen molar-refractivity contribution >= 4 is 32.6 Å². The van der Waals surface area contributed by atoms with Crippen LogP contribution in [-0.2, 0) is 19.4 Å². The lowest BCUT2D eigenvalue weighted by atomic mass is 10.0. The zero-order chi connectivity index (χ0) is 22.6. The molecule has 1 aromatic carbocycles. The molecule has 1 unspecified atom stereocenters. The van der Waals surface area contributed by atoms with Crippen LogP contribution < -0.4 is 0 Å². The third-order valence-electron chi connectivity index (χ3n) is 5.60. The van der Waals surface area contributed by atoms with E-state index in [1.807, 2.05) is 45.0 Å². The minimum atomic E-state index is -3.12. The molecule has 8 heteroatoms. The summed E-state index contributed by atoms with van der Waals surface area (Å²) < 4.78 is 29.1. The van der Waals surface area contributed by atoms with Crippen LogP contribution in [-0.4, -0.2) is 60.9 Å². The molecule has 1 saturated heterocycles. The van der Waals surface area contributed by atoms with E-state index >= 15 is 0 Å². The molecule has 1 aliphatic heterocycles. The largest absolute Gasteiger partial charge is 0.452 e. The van der Waals surface area contributed by atoms with Gasteiger partial charge in [-0.1, -0.05) is 45.4 Å². The molecule has 0 spiro atoms. The van der Waals surface area contributed by atoms with Crippen LogP contribution in [0.2, 0.25) is 0 Å². The third kappa shape index (κ3) is 5.61. The second-order valence-corrected chi connectivity index (χ2v) is 10.6. The zero-order valence-electron chi connectivity index (χ0n) is 18.3. The first kappa shape index (κ1) is 23.2. The maximum absolute atomic E-state index is 12.9. The van der Waals surface area contributed by atoms with E-state index in [1.54, 1.807) is 11.0 Å². The molecular formula is C23H30N2O5S. The highest BCUT2D eigenvalue weighted by molar-refractivity contribution is 7.91. The molecule has 7 nitrogen and oxygen atoms in total. The van der Waals surface area contributed by atoms with Crippen LogP contribution in [0.4, 0.5) is 0 Å². The number of ether oxygens (including phenoxy) is 1. The van der Waals surface area contributed by atoms with Gasteiger partial charge in [0.2, 0.25) is 0 Å². The number of fused-ring (bicyclic) bond motifs is 1. The normalized spacial score (nSPS) is 17.7. The van der Waals surface area contributed by atoms with Gasteiger partial charge in [-0.05, 0) is 30.9 Å². The molecule has 2 aromatic rings. The maximum Gasteiger partial charge on any atom is 0.339 e. The van der Waals surface area contributed by atoms with Gasteiger partial charge in [0.15, 0.2) is 16.4 Å². The molecular weight excluding hydrogens is 416 g/mol. The third-order valence-corrected chi connectivity index (χ3v) is 7.35. The van der Waals surface area contributed by atoms with Crippen molar-refractivity contribution in [1.82, 2.24) is 9.88 Å². The number of carbonyl (C=O) groups is 2. The fourth-order valence-electron chi connectivity index (χ4n) is 3.81. The van der Waals surface area contributed by atoms with Crippen LogP contribution in [0.25, 0.3) is 10.9 Å². The average Bonchev–Trinajstić information content (AvgIpc) is 3.10. The minimum Gasteiger partial charge on any atom is -0.452 e. The van der Waals surface area contributed by atoms with Gasteiger partial charge in [0.1, 0.15) is 0 Å². The number of nitrogens with zero attached hydrogens (tertiary/aromatic N) is 2. The molecule has 0 N–H and O–H groups in total. The second-order valence-electron chi connectivity index (χ2n) is 8.34. The Labute approximate surface area is 183 Å². The summed E-state index contributed by atoms with van der Waals surface area (Å²) in [5.41, 5.74) is 1.86. The van der Waals surface area contributed by atoms with Gasteiger partial charge < -0.3 is 9.64 Å². The number of amides is 1. The maximum atomic E-state index is 12.9. The monoisotopic (exact) mass is 446 g/mol. The Morgan fingerprint density at radius 1 is 1.26 bits per heavy atom. The molecule has 168 valence electrons. The van der Waals surface area contributed by atoms with Crippen LogP contribution in [0, 0.1) is 0 Å². The van der Waals surface area contributed by atoms with Crippen molar-refractivity contribution in [2.75, 3.05) is 24.7 Å². The van der Waals surface area contributed by atoms with Gasteiger partial charge in [-0.2, -0.15) is 0 Å². The molecule has 1 amide bonds. The molecule has 1 aromatic heterocycles. The number of aromatic nitrogens is 1. The number of unbranched alkanes of at least 4 members (excludes halogenated alkanes) is 1. The van der Waals surface area contributed by atoms with Crippen LogP contribution in [0.5, 0.6) is 0 Å². The lowest BCUT2D eigenvalue weighted by Gasteiger charge is -2.28. The highest BCUT2D eigenvalue weighted by Crippen LogP contribution is 2.23. The highest BCUT2D eigenvalue weighted by Gasteiger charge is 2.34. The topological polar surface area (TPSA) is 93.6 Å². The van der Waals surface area contributed by atoms with Crippen molar-refractivity contribution in [2.45, 2.75) is 52.0 Å². The minimum absolute atomic E-state index is 0.0247. The van der Waals surface area contributed by atoms with E-state index in [1.165, 1.54) is 0 Å². The number of carbonyl (C=O) groups excluding carboxylic acids is 2. The summed E-state index contributed by atoms with van der Waals surface area (Å²) in [5.74, 6) is -0.737. The Morgan fingerprint density at radius 3 is 2.65 bits per heavy atom. The van der Waals surface area contributed by atoms with Crippen molar-refractivity contribution < 1.29 is 22.7 Å². The van der Waals surface area contributed by atoms with Gasteiger partial charge in [0.05, 0.1) is 22.6 Å². The second kappa shape index (κ2) is 9.77. The molecule has 31 heavy (non-hydrogen) atoms. The van der Waals surface area contributed by atoms with Crippen molar-refractivity contribution in [3.63, 3.8) is 0 Å². The molecule has 0 radical (unpaired) electrons. The predicted octanol–water partition coefficient (Wildman–Crippen LogP) is 3.33. The van der Waals surface area contributed by atoms with Crippen molar-refractivity contribution in [1.29, 1.82) is 0 Å². The number of rotatable bonds is 8. The summed E-state index contributed by atoms with van der Waals surface area (Å²) in [7, 11) is -3.12. The molecule has 1 atom stereocenters. The molecule has 0 saturated carbocycles. The van der Waals surface area contributed by atoms with E-state index in [-0.39, 0.29) is 29.4 Å². The number of benzene rings is 1. The van der Waals surface area contributed by atoms with E-state index in [4.69, 9.17) is 4.74 Å². The summed E-state index contributed by atoms with van der Waals surface area (Å²) in [6.45, 7) is 6.05. The van der Waals surface area contributed by atoms with Crippen LogP contribution in [0.15, 0.2) is 30.3 Å². The molecule has 2 heterocycles. The van der Waals surface area contributed by atoms with Crippen molar-refractivity contribution in [3.05, 3.63) is 41.6 Å². The van der Waals surface area contributed by atoms with Gasteiger partial charge in [-0.3, -0.25) is 9.78 Å². The van der Waals surface area contributed by atoms with Gasteiger partial charge in [-0.15, -0.1) is 0 Å². The van der Waals surface area contributed by atoms with E-state index in [0.29, 0.717) is 29.4 Å². The number of para-hydroxylation sites is 1. The SMILES string of the molecule is CCCCN(C(=O)COC(=O)c1cc(C(C)C)nc2ccccc12)C1CCS(=O)(=O)C1. The smallest absolute Gasteiger partial charge is 0.339 e. The number of sulfone groups is 1. The van der Waals surface area contributed by atoms with Crippen LogP contribution in [0.3, 0.4) is 0 Å². The van der Waals surface area contributed by atoms with Gasteiger partial charge >= 0.3 is 5.97 Å². The summed E-state index contributed by atoms with van der Waals surface area (Å²) in [4.78, 5) is 31.9. The number of esters is 1.